The van der Waals surface area contributed by atoms with Crippen LogP contribution in [0.5, 0.6) is 0 Å². The zero-order valence-corrected chi connectivity index (χ0v) is 27.3. The van der Waals surface area contributed by atoms with Gasteiger partial charge in [-0.25, -0.2) is 9.78 Å². The number of amides is 1. The number of alkyl halides is 9. The van der Waals surface area contributed by atoms with E-state index in [2.05, 4.69) is 9.97 Å². The van der Waals surface area contributed by atoms with Gasteiger partial charge in [0.25, 0.3) is 0 Å². The maximum atomic E-state index is 14.0. The van der Waals surface area contributed by atoms with Crippen LogP contribution in [0.3, 0.4) is 0 Å². The summed E-state index contributed by atoms with van der Waals surface area (Å²) >= 11 is 0. The van der Waals surface area contributed by atoms with Gasteiger partial charge in [0.15, 0.2) is 0 Å². The van der Waals surface area contributed by atoms with E-state index in [0.717, 1.165) is 11.0 Å². The van der Waals surface area contributed by atoms with Gasteiger partial charge in [0.05, 0.1) is 59.7 Å². The Hall–Kier alpha value is -4.65. The number of carbonyl (C=O) groups is 2. The third kappa shape index (κ3) is 8.35. The topological polar surface area (TPSA) is 131 Å². The second-order valence-electron chi connectivity index (χ2n) is 12.3. The fourth-order valence-electron chi connectivity index (χ4n) is 6.25. The van der Waals surface area contributed by atoms with Crippen LogP contribution in [0.4, 0.5) is 55.7 Å². The van der Waals surface area contributed by atoms with Crippen molar-refractivity contribution in [2.45, 2.75) is 62.7 Å². The zero-order chi connectivity index (χ0) is 38.2. The standard InChI is InChI=1S/C33H32F9N5O5/c1-2-30(43)16-23(28-24(3-4-25(45-28)33(40,41)42)47(30)29(50)52-8-5-26(48)49)27-19(14-22(17-44-27)46-6-9-51-10-7-46)11-18-12-20(31(34,35)36)15-21(13-18)32(37,38)39/h3-4,12-15,17,23H,2,5-11,16,43H2,1H3,(H,48,49)/t23-,30+/m0/s1. The first kappa shape index (κ1) is 38.6. The lowest BCUT2D eigenvalue weighted by Crippen LogP contribution is -2.62. The summed E-state index contributed by atoms with van der Waals surface area (Å²) in [5, 5.41) is 8.98. The molecule has 1 fully saturated rings. The fraction of sp³-hybridized carbons (Fsp3) is 0.455. The van der Waals surface area contributed by atoms with Crippen molar-refractivity contribution in [3.8, 4) is 0 Å². The maximum absolute atomic E-state index is 14.0. The molecule has 0 radical (unpaired) electrons. The van der Waals surface area contributed by atoms with Gasteiger partial charge in [0.2, 0.25) is 0 Å². The Morgan fingerprint density at radius 1 is 0.962 bits per heavy atom. The normalized spacial score (nSPS) is 19.7. The number of ether oxygens (including phenoxy) is 2. The van der Waals surface area contributed by atoms with Crippen molar-refractivity contribution in [1.29, 1.82) is 0 Å². The molecular weight excluding hydrogens is 717 g/mol. The number of halogens is 9. The number of benzene rings is 1. The fourth-order valence-corrected chi connectivity index (χ4v) is 6.25. The molecule has 2 aromatic heterocycles. The van der Waals surface area contributed by atoms with Crippen LogP contribution in [0, 0.1) is 0 Å². The highest BCUT2D eigenvalue weighted by Crippen LogP contribution is 2.47. The van der Waals surface area contributed by atoms with E-state index in [1.807, 2.05) is 4.90 Å². The summed E-state index contributed by atoms with van der Waals surface area (Å²) in [6.45, 7) is 2.32. The number of carbonyl (C=O) groups excluding carboxylic acids is 1. The molecule has 3 aromatic rings. The largest absolute Gasteiger partial charge is 0.481 e. The molecule has 0 spiro atoms. The van der Waals surface area contributed by atoms with Crippen molar-refractivity contribution in [1.82, 2.24) is 9.97 Å². The number of rotatable bonds is 8. The molecule has 2 aliphatic heterocycles. The Kier molecular flexibility index (Phi) is 10.7. The predicted octanol–water partition coefficient (Wildman–Crippen LogP) is 6.98. The van der Waals surface area contributed by atoms with Gasteiger partial charge in [-0.2, -0.15) is 39.5 Å². The van der Waals surface area contributed by atoms with Crippen LogP contribution >= 0.6 is 0 Å². The lowest BCUT2D eigenvalue weighted by molar-refractivity contribution is -0.143. The molecule has 4 heterocycles. The van der Waals surface area contributed by atoms with Crippen molar-refractivity contribution in [3.63, 3.8) is 0 Å². The van der Waals surface area contributed by atoms with E-state index in [1.165, 1.54) is 12.3 Å². The molecule has 0 unspecified atom stereocenters. The Balaban J connectivity index is 1.71. The Morgan fingerprint density at radius 3 is 2.15 bits per heavy atom. The number of hydrogen-bond donors (Lipinski definition) is 2. The second kappa shape index (κ2) is 14.4. The lowest BCUT2D eigenvalue weighted by atomic mass is 9.79. The molecule has 1 aromatic carbocycles. The first-order valence-electron chi connectivity index (χ1n) is 15.9. The van der Waals surface area contributed by atoms with Gasteiger partial charge in [-0.15, -0.1) is 0 Å². The molecule has 2 atom stereocenters. The summed E-state index contributed by atoms with van der Waals surface area (Å²) in [5.41, 5.74) is -0.0110. The Labute approximate surface area is 290 Å². The summed E-state index contributed by atoms with van der Waals surface area (Å²) in [6, 6.07) is 4.14. The van der Waals surface area contributed by atoms with Gasteiger partial charge in [0.1, 0.15) is 18.0 Å². The monoisotopic (exact) mass is 749 g/mol. The number of carboxylic acid groups (broad SMARTS) is 1. The van der Waals surface area contributed by atoms with Crippen LogP contribution in [0.1, 0.15) is 71.4 Å². The van der Waals surface area contributed by atoms with E-state index in [9.17, 15) is 49.1 Å². The van der Waals surface area contributed by atoms with Crippen LogP contribution in [0.2, 0.25) is 0 Å². The summed E-state index contributed by atoms with van der Waals surface area (Å²) in [4.78, 5) is 35.5. The molecule has 10 nitrogen and oxygen atoms in total. The van der Waals surface area contributed by atoms with Gasteiger partial charge in [-0.05, 0) is 66.8 Å². The van der Waals surface area contributed by atoms with Crippen LogP contribution in [-0.4, -0.2) is 65.7 Å². The molecule has 5 rings (SSSR count). The molecule has 2 aliphatic rings. The van der Waals surface area contributed by atoms with E-state index in [4.69, 9.17) is 20.3 Å². The number of nitrogens with two attached hydrogens (primary N) is 1. The van der Waals surface area contributed by atoms with Crippen molar-refractivity contribution in [3.05, 3.63) is 81.9 Å². The van der Waals surface area contributed by atoms with E-state index in [0.29, 0.717) is 50.2 Å². The number of aliphatic carboxylic acids is 1. The average molecular weight is 750 g/mol. The molecule has 1 saturated heterocycles. The Bertz CT molecular complexity index is 1780. The SMILES string of the molecule is CC[C@]1(N)C[C@@H](c2ncc(N3CCOCC3)cc2Cc2cc(C(F)(F)F)cc(C(F)(F)F)c2)c2nc(C(F)(F)F)ccc2N1C(=O)OCCC(=O)O. The molecule has 19 heteroatoms. The van der Waals surface area contributed by atoms with Gasteiger partial charge in [-0.3, -0.25) is 14.7 Å². The van der Waals surface area contributed by atoms with Crippen molar-refractivity contribution in [2.75, 3.05) is 42.7 Å². The lowest BCUT2D eigenvalue weighted by Gasteiger charge is -2.46. The van der Waals surface area contributed by atoms with Crippen LogP contribution in [0.15, 0.2) is 42.6 Å². The van der Waals surface area contributed by atoms with Crippen LogP contribution in [-0.2, 0) is 39.2 Å². The molecule has 282 valence electrons. The number of hydrogen-bond acceptors (Lipinski definition) is 8. The number of carboxylic acids is 1. The molecule has 0 aliphatic carbocycles. The average Bonchev–Trinajstić information content (AvgIpc) is 3.06. The minimum atomic E-state index is -5.14. The number of aromatic nitrogens is 2. The zero-order valence-electron chi connectivity index (χ0n) is 27.3. The number of fused-ring (bicyclic) bond motifs is 1. The van der Waals surface area contributed by atoms with Gasteiger partial charge >= 0.3 is 30.6 Å². The molecule has 52 heavy (non-hydrogen) atoms. The smallest absolute Gasteiger partial charge is 0.433 e. The predicted molar refractivity (Wildman–Crippen MR) is 166 cm³/mol. The van der Waals surface area contributed by atoms with Gasteiger partial charge in [-0.1, -0.05) is 6.92 Å². The number of anilines is 2. The maximum Gasteiger partial charge on any atom is 0.433 e. The molecule has 0 saturated carbocycles. The highest BCUT2D eigenvalue weighted by molar-refractivity contribution is 5.91. The first-order chi connectivity index (χ1) is 24.2. The van der Waals surface area contributed by atoms with Gasteiger partial charge in [0, 0.05) is 19.0 Å². The van der Waals surface area contributed by atoms with Crippen LogP contribution < -0.4 is 15.5 Å². The quantitative estimate of drug-likeness (QED) is 0.234. The van der Waals surface area contributed by atoms with E-state index in [1.54, 1.807) is 6.92 Å². The molecular formula is C33H32F9N5O5. The number of morpholine rings is 1. The van der Waals surface area contributed by atoms with E-state index >= 15 is 0 Å². The molecule has 0 bridgehead atoms. The van der Waals surface area contributed by atoms with Crippen molar-refractivity contribution in [2.24, 2.45) is 5.73 Å². The minimum absolute atomic E-state index is 0.0130. The summed E-state index contributed by atoms with van der Waals surface area (Å²) in [6.07, 6.45) is -16.6. The third-order valence-corrected chi connectivity index (χ3v) is 8.84. The van der Waals surface area contributed by atoms with Crippen LogP contribution in [0.25, 0.3) is 0 Å². The Morgan fingerprint density at radius 2 is 1.60 bits per heavy atom. The second-order valence-corrected chi connectivity index (χ2v) is 12.3. The van der Waals surface area contributed by atoms with Crippen molar-refractivity contribution < 1.29 is 63.7 Å². The highest BCUT2D eigenvalue weighted by atomic mass is 19.4. The number of pyridine rings is 2. The van der Waals surface area contributed by atoms with E-state index in [-0.39, 0.29) is 41.5 Å². The first-order valence-corrected chi connectivity index (χ1v) is 15.9. The summed E-state index contributed by atoms with van der Waals surface area (Å²) in [7, 11) is 0. The van der Waals surface area contributed by atoms with Crippen molar-refractivity contribution >= 4 is 23.4 Å². The number of nitrogens with zero attached hydrogens (tertiary/aromatic N) is 4. The van der Waals surface area contributed by atoms with E-state index < -0.39 is 84.0 Å². The molecule has 3 N–H and O–H groups in total. The molecule has 1 amide bonds. The third-order valence-electron chi connectivity index (χ3n) is 8.84. The summed E-state index contributed by atoms with van der Waals surface area (Å²) in [5.74, 6) is -2.56. The van der Waals surface area contributed by atoms with Gasteiger partial charge < -0.3 is 25.2 Å². The highest BCUT2D eigenvalue weighted by Gasteiger charge is 2.48. The summed E-state index contributed by atoms with van der Waals surface area (Å²) < 4.78 is 135. The minimum Gasteiger partial charge on any atom is -0.481 e.